The van der Waals surface area contributed by atoms with Gasteiger partial charge in [0.25, 0.3) is 0 Å². The molecule has 17 heavy (non-hydrogen) atoms. The van der Waals surface area contributed by atoms with E-state index >= 15 is 0 Å². The summed E-state index contributed by atoms with van der Waals surface area (Å²) in [6.07, 6.45) is 0.0987. The minimum absolute atomic E-state index is 0.0160. The lowest BCUT2D eigenvalue weighted by Crippen LogP contribution is -2.30. The molecule has 0 saturated heterocycles. The summed E-state index contributed by atoms with van der Waals surface area (Å²) in [4.78, 5) is 12.7. The highest BCUT2D eigenvalue weighted by Crippen LogP contribution is 2.36. The Balaban J connectivity index is 2.31. The van der Waals surface area contributed by atoms with Gasteiger partial charge in [-0.05, 0) is 38.7 Å². The van der Waals surface area contributed by atoms with Crippen LogP contribution in [0.2, 0.25) is 0 Å². The lowest BCUT2D eigenvalue weighted by Gasteiger charge is -2.23. The molecule has 1 aromatic rings. The first-order valence-electron chi connectivity index (χ1n) is 5.61. The average molecular weight is 251 g/mol. The lowest BCUT2D eigenvalue weighted by atomic mass is 10.1. The Bertz CT molecular complexity index is 432. The first-order chi connectivity index (χ1) is 8.15. The number of carbonyl (C=O) groups is 1. The number of benzene rings is 1. The largest absolute Gasteiger partial charge is 0.324 e. The van der Waals surface area contributed by atoms with E-state index in [0.29, 0.717) is 0 Å². The van der Waals surface area contributed by atoms with E-state index < -0.39 is 0 Å². The molecule has 0 aliphatic carbocycles. The van der Waals surface area contributed by atoms with Crippen LogP contribution >= 0.6 is 11.8 Å². The summed E-state index contributed by atoms with van der Waals surface area (Å²) in [6, 6.07) is 6.16. The number of hydrogen-bond acceptors (Lipinski definition) is 4. The van der Waals surface area contributed by atoms with Gasteiger partial charge in [-0.3, -0.25) is 4.79 Å². The van der Waals surface area contributed by atoms with Gasteiger partial charge in [-0.15, -0.1) is 11.8 Å². The molecule has 5 heteroatoms. The molecule has 1 heterocycles. The SMILES string of the molecule is CNC(NC)c1ccc2c(c1)NC(=O)C(C)S2. The van der Waals surface area contributed by atoms with Crippen LogP contribution in [0.5, 0.6) is 0 Å². The normalized spacial score (nSPS) is 19.1. The van der Waals surface area contributed by atoms with Crippen molar-refractivity contribution in [3.63, 3.8) is 0 Å². The zero-order valence-electron chi connectivity index (χ0n) is 10.2. The van der Waals surface area contributed by atoms with Crippen LogP contribution in [0, 0.1) is 0 Å². The van der Waals surface area contributed by atoms with Gasteiger partial charge in [0.05, 0.1) is 17.1 Å². The van der Waals surface area contributed by atoms with Crippen LogP contribution in [0.4, 0.5) is 5.69 Å². The second kappa shape index (κ2) is 5.08. The van der Waals surface area contributed by atoms with E-state index in [1.165, 1.54) is 0 Å². The van der Waals surface area contributed by atoms with Crippen molar-refractivity contribution in [1.82, 2.24) is 10.6 Å². The van der Waals surface area contributed by atoms with Crippen molar-refractivity contribution in [2.45, 2.75) is 23.2 Å². The Morgan fingerprint density at radius 1 is 1.35 bits per heavy atom. The van der Waals surface area contributed by atoms with Crippen molar-refractivity contribution in [3.8, 4) is 0 Å². The Morgan fingerprint density at radius 2 is 2.06 bits per heavy atom. The standard InChI is InChI=1S/C12H17N3OS/c1-7-12(16)15-9-6-8(11(13-2)14-3)4-5-10(9)17-7/h4-7,11,13-14H,1-3H3,(H,15,16). The second-order valence-electron chi connectivity index (χ2n) is 4.02. The van der Waals surface area contributed by atoms with Crippen LogP contribution in [0.25, 0.3) is 0 Å². The molecule has 1 aromatic carbocycles. The van der Waals surface area contributed by atoms with E-state index in [2.05, 4.69) is 28.1 Å². The Kier molecular flexibility index (Phi) is 3.71. The van der Waals surface area contributed by atoms with Crippen LogP contribution in [-0.4, -0.2) is 25.3 Å². The van der Waals surface area contributed by atoms with E-state index in [0.717, 1.165) is 16.1 Å². The number of hydrogen-bond donors (Lipinski definition) is 3. The van der Waals surface area contributed by atoms with Crippen LogP contribution in [0.3, 0.4) is 0 Å². The van der Waals surface area contributed by atoms with Gasteiger partial charge in [0.15, 0.2) is 0 Å². The summed E-state index contributed by atoms with van der Waals surface area (Å²) in [5.74, 6) is 0.0742. The summed E-state index contributed by atoms with van der Waals surface area (Å²) in [7, 11) is 3.80. The molecule has 0 fully saturated rings. The van der Waals surface area contributed by atoms with Gasteiger partial charge in [-0.2, -0.15) is 0 Å². The summed E-state index contributed by atoms with van der Waals surface area (Å²) in [6.45, 7) is 1.92. The second-order valence-corrected chi connectivity index (χ2v) is 5.40. The van der Waals surface area contributed by atoms with Crippen molar-refractivity contribution in [3.05, 3.63) is 23.8 Å². The Hall–Kier alpha value is -1.04. The van der Waals surface area contributed by atoms with Crippen LogP contribution in [0.15, 0.2) is 23.1 Å². The topological polar surface area (TPSA) is 53.2 Å². The van der Waals surface area contributed by atoms with Crippen LogP contribution in [0.1, 0.15) is 18.7 Å². The van der Waals surface area contributed by atoms with E-state index in [-0.39, 0.29) is 17.3 Å². The van der Waals surface area contributed by atoms with Gasteiger partial charge >= 0.3 is 0 Å². The molecular formula is C12H17N3OS. The highest BCUT2D eigenvalue weighted by molar-refractivity contribution is 8.00. The first-order valence-corrected chi connectivity index (χ1v) is 6.49. The minimum Gasteiger partial charge on any atom is -0.324 e. The third kappa shape index (κ3) is 2.46. The van der Waals surface area contributed by atoms with E-state index in [1.807, 2.05) is 27.1 Å². The smallest absolute Gasteiger partial charge is 0.237 e. The van der Waals surface area contributed by atoms with Gasteiger partial charge in [0.1, 0.15) is 0 Å². The van der Waals surface area contributed by atoms with Crippen LogP contribution in [-0.2, 0) is 4.79 Å². The Labute approximate surface area is 106 Å². The van der Waals surface area contributed by atoms with Crippen molar-refractivity contribution in [2.75, 3.05) is 19.4 Å². The molecule has 2 rings (SSSR count). The van der Waals surface area contributed by atoms with E-state index in [9.17, 15) is 4.79 Å². The number of anilines is 1. The number of thioether (sulfide) groups is 1. The molecule has 1 aliphatic rings. The van der Waals surface area contributed by atoms with Gasteiger partial charge in [0.2, 0.25) is 5.91 Å². The quantitative estimate of drug-likeness (QED) is 0.714. The van der Waals surface area contributed by atoms with E-state index in [1.54, 1.807) is 11.8 Å². The lowest BCUT2D eigenvalue weighted by molar-refractivity contribution is -0.115. The van der Waals surface area contributed by atoms with Gasteiger partial charge < -0.3 is 16.0 Å². The zero-order chi connectivity index (χ0) is 12.4. The van der Waals surface area contributed by atoms with Gasteiger partial charge in [-0.1, -0.05) is 6.07 Å². The van der Waals surface area contributed by atoms with Crippen molar-refractivity contribution >= 4 is 23.4 Å². The fourth-order valence-electron chi connectivity index (χ4n) is 1.88. The molecule has 1 amide bonds. The molecule has 0 aromatic heterocycles. The highest BCUT2D eigenvalue weighted by atomic mass is 32.2. The summed E-state index contributed by atoms with van der Waals surface area (Å²) < 4.78 is 0. The van der Waals surface area contributed by atoms with Crippen LogP contribution < -0.4 is 16.0 Å². The molecule has 1 unspecified atom stereocenters. The summed E-state index contributed by atoms with van der Waals surface area (Å²) in [5, 5.41) is 9.25. The molecule has 4 nitrogen and oxygen atoms in total. The molecule has 0 radical (unpaired) electrons. The number of rotatable bonds is 3. The number of amides is 1. The fraction of sp³-hybridized carbons (Fsp3) is 0.417. The van der Waals surface area contributed by atoms with Crippen molar-refractivity contribution in [2.24, 2.45) is 0 Å². The molecule has 1 aliphatic heterocycles. The summed E-state index contributed by atoms with van der Waals surface area (Å²) in [5.41, 5.74) is 2.02. The number of carbonyl (C=O) groups excluding carboxylic acids is 1. The zero-order valence-corrected chi connectivity index (χ0v) is 11.0. The maximum atomic E-state index is 11.6. The van der Waals surface area contributed by atoms with Gasteiger partial charge in [0, 0.05) is 4.90 Å². The monoisotopic (exact) mass is 251 g/mol. The third-order valence-corrected chi connectivity index (χ3v) is 4.02. The third-order valence-electron chi connectivity index (χ3n) is 2.85. The average Bonchev–Trinajstić information content (AvgIpc) is 2.32. The highest BCUT2D eigenvalue weighted by Gasteiger charge is 2.23. The fourth-order valence-corrected chi connectivity index (χ4v) is 2.81. The predicted molar refractivity (Wildman–Crippen MR) is 71.3 cm³/mol. The summed E-state index contributed by atoms with van der Waals surface area (Å²) >= 11 is 1.60. The van der Waals surface area contributed by atoms with Crippen molar-refractivity contribution in [1.29, 1.82) is 0 Å². The minimum atomic E-state index is -0.0160. The maximum Gasteiger partial charge on any atom is 0.237 e. The molecule has 0 saturated carbocycles. The predicted octanol–water partition coefficient (Wildman–Crippen LogP) is 1.56. The molecule has 92 valence electrons. The van der Waals surface area contributed by atoms with E-state index in [4.69, 9.17) is 0 Å². The molecule has 3 N–H and O–H groups in total. The number of fused-ring (bicyclic) bond motifs is 1. The molecule has 0 bridgehead atoms. The maximum absolute atomic E-state index is 11.6. The number of nitrogens with one attached hydrogen (secondary N) is 3. The molecular weight excluding hydrogens is 234 g/mol. The van der Waals surface area contributed by atoms with Gasteiger partial charge in [-0.25, -0.2) is 0 Å². The van der Waals surface area contributed by atoms with Crippen molar-refractivity contribution < 1.29 is 4.79 Å². The Morgan fingerprint density at radius 3 is 2.71 bits per heavy atom. The molecule has 0 spiro atoms. The first kappa shape index (κ1) is 12.4. The molecule has 1 atom stereocenters.